The number of likely N-dealkylation sites (tertiary alicyclic amines) is 1. The largest absolute Gasteiger partial charge is 0.548 e. The Balaban J connectivity index is 1.81. The summed E-state index contributed by atoms with van der Waals surface area (Å²) in [5, 5.41) is 14.1. The Kier molecular flexibility index (Phi) is 5.86. The zero-order valence-electron chi connectivity index (χ0n) is 14.8. The van der Waals surface area contributed by atoms with Crippen LogP contribution in [0.1, 0.15) is 28.8 Å². The van der Waals surface area contributed by atoms with Gasteiger partial charge in [0.1, 0.15) is 6.04 Å². The Morgan fingerprint density at radius 3 is 2.30 bits per heavy atom. The number of carbonyl (C=O) groups is 3. The molecule has 2 aromatic carbocycles. The third kappa shape index (κ3) is 4.53. The Morgan fingerprint density at radius 2 is 1.67 bits per heavy atom. The molecular weight excluding hydrogens is 344 g/mol. The van der Waals surface area contributed by atoms with Crippen molar-refractivity contribution < 1.29 is 19.5 Å². The van der Waals surface area contributed by atoms with Crippen LogP contribution in [0.15, 0.2) is 60.7 Å². The van der Waals surface area contributed by atoms with E-state index in [1.807, 2.05) is 30.3 Å². The number of carboxylic acids is 1. The Labute approximate surface area is 157 Å². The van der Waals surface area contributed by atoms with Crippen LogP contribution in [0.3, 0.4) is 0 Å². The van der Waals surface area contributed by atoms with E-state index >= 15 is 0 Å². The van der Waals surface area contributed by atoms with Crippen LogP contribution < -0.4 is 10.4 Å². The highest BCUT2D eigenvalue weighted by atomic mass is 16.4. The molecule has 0 aromatic heterocycles. The fourth-order valence-electron chi connectivity index (χ4n) is 3.36. The summed E-state index contributed by atoms with van der Waals surface area (Å²) in [7, 11) is 0. The first kappa shape index (κ1) is 18.6. The van der Waals surface area contributed by atoms with Crippen molar-refractivity contribution in [2.45, 2.75) is 31.3 Å². The molecule has 0 radical (unpaired) electrons. The SMILES string of the molecule is O=C(N[C@H](Cc1ccccc1)C(=O)N1CCC[C@@H]1C(=O)[O-])c1ccccc1. The van der Waals surface area contributed by atoms with Crippen LogP contribution in [0, 0.1) is 0 Å². The van der Waals surface area contributed by atoms with E-state index in [1.54, 1.807) is 30.3 Å². The quantitative estimate of drug-likeness (QED) is 0.819. The molecule has 0 bridgehead atoms. The standard InChI is InChI=1S/C21H22N2O4/c24-19(16-10-5-2-6-11-16)22-17(14-15-8-3-1-4-9-15)20(25)23-13-7-12-18(23)21(26)27/h1-6,8-11,17-18H,7,12-14H2,(H,22,24)(H,26,27)/p-1/t17-,18-/m1/s1. The molecular formula is C21H21N2O4-. The van der Waals surface area contributed by atoms with Gasteiger partial charge in [-0.05, 0) is 30.5 Å². The number of benzene rings is 2. The van der Waals surface area contributed by atoms with Crippen molar-refractivity contribution in [1.29, 1.82) is 0 Å². The van der Waals surface area contributed by atoms with Gasteiger partial charge in [0, 0.05) is 18.5 Å². The highest BCUT2D eigenvalue weighted by molar-refractivity contribution is 5.98. The summed E-state index contributed by atoms with van der Waals surface area (Å²) in [6.45, 7) is 0.351. The lowest BCUT2D eigenvalue weighted by Gasteiger charge is -2.30. The van der Waals surface area contributed by atoms with Crippen molar-refractivity contribution in [3.05, 3.63) is 71.8 Å². The minimum Gasteiger partial charge on any atom is -0.548 e. The summed E-state index contributed by atoms with van der Waals surface area (Å²) in [5.41, 5.74) is 1.33. The van der Waals surface area contributed by atoms with Crippen LogP contribution in [0.25, 0.3) is 0 Å². The first-order valence-electron chi connectivity index (χ1n) is 8.97. The van der Waals surface area contributed by atoms with Crippen molar-refractivity contribution in [2.75, 3.05) is 6.54 Å². The van der Waals surface area contributed by atoms with Gasteiger partial charge in [-0.1, -0.05) is 48.5 Å². The lowest BCUT2D eigenvalue weighted by Crippen LogP contribution is -2.54. The molecule has 3 rings (SSSR count). The van der Waals surface area contributed by atoms with Crippen LogP contribution in [-0.2, 0) is 16.0 Å². The number of hydrogen-bond donors (Lipinski definition) is 1. The predicted octanol–water partition coefficient (Wildman–Crippen LogP) is 0.769. The third-order valence-corrected chi connectivity index (χ3v) is 4.73. The molecule has 6 nitrogen and oxygen atoms in total. The number of amides is 2. The zero-order valence-corrected chi connectivity index (χ0v) is 14.8. The van der Waals surface area contributed by atoms with E-state index in [4.69, 9.17) is 0 Å². The Morgan fingerprint density at radius 1 is 1.04 bits per heavy atom. The summed E-state index contributed by atoms with van der Waals surface area (Å²) < 4.78 is 0. The van der Waals surface area contributed by atoms with Gasteiger partial charge in [0.15, 0.2) is 0 Å². The molecule has 2 aromatic rings. The van der Waals surface area contributed by atoms with Crippen molar-refractivity contribution in [1.82, 2.24) is 10.2 Å². The molecule has 1 saturated heterocycles. The fourth-order valence-corrected chi connectivity index (χ4v) is 3.36. The normalized spacial score (nSPS) is 17.3. The minimum absolute atomic E-state index is 0.286. The predicted molar refractivity (Wildman–Crippen MR) is 97.6 cm³/mol. The number of carbonyl (C=O) groups excluding carboxylic acids is 3. The van der Waals surface area contributed by atoms with E-state index in [1.165, 1.54) is 4.90 Å². The summed E-state index contributed by atoms with van der Waals surface area (Å²) >= 11 is 0. The molecule has 0 spiro atoms. The lowest BCUT2D eigenvalue weighted by atomic mass is 10.0. The average molecular weight is 365 g/mol. The van der Waals surface area contributed by atoms with Crippen LogP contribution in [-0.4, -0.2) is 41.3 Å². The second kappa shape index (κ2) is 8.49. The Bertz CT molecular complexity index is 807. The average Bonchev–Trinajstić information content (AvgIpc) is 3.18. The van der Waals surface area contributed by atoms with Crippen LogP contribution in [0.5, 0.6) is 0 Å². The number of hydrogen-bond acceptors (Lipinski definition) is 4. The van der Waals surface area contributed by atoms with E-state index in [-0.39, 0.29) is 12.3 Å². The molecule has 1 heterocycles. The van der Waals surface area contributed by atoms with E-state index in [0.29, 0.717) is 24.9 Å². The van der Waals surface area contributed by atoms with Crippen LogP contribution in [0.2, 0.25) is 0 Å². The van der Waals surface area contributed by atoms with Crippen molar-refractivity contribution in [3.8, 4) is 0 Å². The van der Waals surface area contributed by atoms with E-state index in [9.17, 15) is 19.5 Å². The van der Waals surface area contributed by atoms with Gasteiger partial charge >= 0.3 is 0 Å². The van der Waals surface area contributed by atoms with Crippen molar-refractivity contribution >= 4 is 17.8 Å². The van der Waals surface area contributed by atoms with Gasteiger partial charge in [-0.15, -0.1) is 0 Å². The Hall–Kier alpha value is -3.15. The van der Waals surface area contributed by atoms with Gasteiger partial charge in [-0.25, -0.2) is 0 Å². The molecule has 1 aliphatic rings. The summed E-state index contributed by atoms with van der Waals surface area (Å²) in [5.74, 6) is -2.02. The molecule has 1 aliphatic heterocycles. The highest BCUT2D eigenvalue weighted by Crippen LogP contribution is 2.19. The van der Waals surface area contributed by atoms with Crippen LogP contribution in [0.4, 0.5) is 0 Å². The molecule has 0 unspecified atom stereocenters. The second-order valence-corrected chi connectivity index (χ2v) is 6.59. The summed E-state index contributed by atoms with van der Waals surface area (Å²) in [6, 6.07) is 16.2. The fraction of sp³-hybridized carbons (Fsp3) is 0.286. The highest BCUT2D eigenvalue weighted by Gasteiger charge is 2.34. The first-order chi connectivity index (χ1) is 13.1. The number of nitrogens with one attached hydrogen (secondary N) is 1. The van der Waals surface area contributed by atoms with Gasteiger partial charge in [0.25, 0.3) is 5.91 Å². The number of rotatable bonds is 6. The monoisotopic (exact) mass is 365 g/mol. The lowest BCUT2D eigenvalue weighted by molar-refractivity contribution is -0.310. The topological polar surface area (TPSA) is 89.5 Å². The molecule has 0 aliphatic carbocycles. The van der Waals surface area contributed by atoms with Gasteiger partial charge < -0.3 is 20.1 Å². The summed E-state index contributed by atoms with van der Waals surface area (Å²) in [4.78, 5) is 38.3. The number of carboxylic acid groups (broad SMARTS) is 1. The molecule has 2 atom stereocenters. The maximum atomic E-state index is 13.1. The molecule has 27 heavy (non-hydrogen) atoms. The third-order valence-electron chi connectivity index (χ3n) is 4.73. The van der Waals surface area contributed by atoms with E-state index < -0.39 is 24.0 Å². The minimum atomic E-state index is -1.26. The maximum Gasteiger partial charge on any atom is 0.251 e. The number of aliphatic carboxylic acids is 1. The molecule has 6 heteroatoms. The molecule has 1 N–H and O–H groups in total. The molecule has 2 amide bonds. The smallest absolute Gasteiger partial charge is 0.251 e. The molecule has 140 valence electrons. The van der Waals surface area contributed by atoms with E-state index in [0.717, 1.165) is 5.56 Å². The van der Waals surface area contributed by atoms with E-state index in [2.05, 4.69) is 5.32 Å². The van der Waals surface area contributed by atoms with Crippen molar-refractivity contribution in [2.24, 2.45) is 0 Å². The van der Waals surface area contributed by atoms with Crippen molar-refractivity contribution in [3.63, 3.8) is 0 Å². The van der Waals surface area contributed by atoms with Gasteiger partial charge in [0.2, 0.25) is 5.91 Å². The second-order valence-electron chi connectivity index (χ2n) is 6.59. The molecule has 1 fully saturated rings. The first-order valence-corrected chi connectivity index (χ1v) is 8.97. The number of nitrogens with zero attached hydrogens (tertiary/aromatic N) is 1. The molecule has 0 saturated carbocycles. The zero-order chi connectivity index (χ0) is 19.2. The van der Waals surface area contributed by atoms with Crippen LogP contribution >= 0.6 is 0 Å². The van der Waals surface area contributed by atoms with Gasteiger partial charge in [0.05, 0.1) is 12.0 Å². The maximum absolute atomic E-state index is 13.1. The van der Waals surface area contributed by atoms with Gasteiger partial charge in [-0.3, -0.25) is 9.59 Å². The summed E-state index contributed by atoms with van der Waals surface area (Å²) in [6.07, 6.45) is 1.27. The van der Waals surface area contributed by atoms with Gasteiger partial charge in [-0.2, -0.15) is 0 Å².